The highest BCUT2D eigenvalue weighted by Gasteiger charge is 2.06. The minimum absolute atomic E-state index is 0.254. The van der Waals surface area contributed by atoms with E-state index in [0.29, 0.717) is 24.9 Å². The number of ether oxygens (including phenoxy) is 1. The first-order valence-electron chi connectivity index (χ1n) is 5.99. The van der Waals surface area contributed by atoms with Gasteiger partial charge in [-0.15, -0.1) is 0 Å². The molecule has 0 fully saturated rings. The van der Waals surface area contributed by atoms with Gasteiger partial charge in [-0.3, -0.25) is 0 Å². The van der Waals surface area contributed by atoms with E-state index in [1.54, 1.807) is 6.07 Å². The van der Waals surface area contributed by atoms with Crippen molar-refractivity contribution in [2.24, 2.45) is 0 Å². The fraction of sp³-hybridized carbons (Fsp3) is 0.538. The van der Waals surface area contributed by atoms with Crippen molar-refractivity contribution in [1.29, 1.82) is 0 Å². The normalized spacial score (nSPS) is 10.7. The molecular formula is C13H20ClN3O. The van der Waals surface area contributed by atoms with E-state index < -0.39 is 0 Å². The van der Waals surface area contributed by atoms with Gasteiger partial charge in [0.05, 0.1) is 13.2 Å². The van der Waals surface area contributed by atoms with Crippen LogP contribution in [0, 0.1) is 0 Å². The molecule has 1 N–H and O–H groups in total. The number of anilines is 1. The lowest BCUT2D eigenvalue weighted by Gasteiger charge is -2.10. The highest BCUT2D eigenvalue weighted by atomic mass is 35.5. The van der Waals surface area contributed by atoms with Gasteiger partial charge in [0.15, 0.2) is 0 Å². The second kappa shape index (κ2) is 7.34. The van der Waals surface area contributed by atoms with Gasteiger partial charge in [0.25, 0.3) is 0 Å². The Labute approximate surface area is 113 Å². The predicted molar refractivity (Wildman–Crippen MR) is 75.3 cm³/mol. The van der Waals surface area contributed by atoms with Gasteiger partial charge in [-0.2, -0.15) is 0 Å². The number of hydrogen-bond acceptors (Lipinski definition) is 4. The lowest BCUT2D eigenvalue weighted by atomic mass is 10.2. The maximum Gasteiger partial charge on any atom is 0.135 e. The van der Waals surface area contributed by atoms with Crippen molar-refractivity contribution < 1.29 is 4.74 Å². The summed E-state index contributed by atoms with van der Waals surface area (Å²) in [5.74, 6) is 1.73. The summed E-state index contributed by atoms with van der Waals surface area (Å²) in [5.41, 5.74) is 1.02. The zero-order valence-electron chi connectivity index (χ0n) is 11.2. The van der Waals surface area contributed by atoms with Crippen LogP contribution in [0.4, 0.5) is 5.82 Å². The van der Waals surface area contributed by atoms with E-state index in [1.807, 2.05) is 20.8 Å². The van der Waals surface area contributed by atoms with Crippen molar-refractivity contribution in [2.45, 2.75) is 26.7 Å². The third kappa shape index (κ3) is 5.47. The Hall–Kier alpha value is -1.13. The molecule has 100 valence electrons. The number of rotatable bonds is 7. The van der Waals surface area contributed by atoms with Gasteiger partial charge in [0, 0.05) is 18.5 Å². The first kappa shape index (κ1) is 14.9. The molecule has 0 unspecified atom stereocenters. The van der Waals surface area contributed by atoms with Crippen LogP contribution in [0.3, 0.4) is 0 Å². The summed E-state index contributed by atoms with van der Waals surface area (Å²) < 4.78 is 5.39. The zero-order chi connectivity index (χ0) is 13.5. The largest absolute Gasteiger partial charge is 0.375 e. The minimum Gasteiger partial charge on any atom is -0.375 e. The molecule has 0 amide bonds. The lowest BCUT2D eigenvalue weighted by molar-refractivity contribution is 0.167. The minimum atomic E-state index is 0.254. The quantitative estimate of drug-likeness (QED) is 0.469. The molecule has 1 aromatic rings. The molecule has 4 nitrogen and oxygen atoms in total. The van der Waals surface area contributed by atoms with Crippen LogP contribution in [0.5, 0.6) is 0 Å². The van der Waals surface area contributed by atoms with Crippen LogP contribution < -0.4 is 5.32 Å². The van der Waals surface area contributed by atoms with E-state index in [4.69, 9.17) is 16.3 Å². The molecule has 18 heavy (non-hydrogen) atoms. The van der Waals surface area contributed by atoms with E-state index in [2.05, 4.69) is 21.9 Å². The third-order valence-corrected chi connectivity index (χ3v) is 2.32. The van der Waals surface area contributed by atoms with Crippen molar-refractivity contribution in [2.75, 3.05) is 25.1 Å². The van der Waals surface area contributed by atoms with Crippen LogP contribution in [0.25, 0.3) is 0 Å². The van der Waals surface area contributed by atoms with Crippen LogP contribution in [-0.4, -0.2) is 29.7 Å². The first-order valence-corrected chi connectivity index (χ1v) is 6.37. The number of aromatic nitrogens is 2. The summed E-state index contributed by atoms with van der Waals surface area (Å²) in [6.45, 7) is 11.6. The summed E-state index contributed by atoms with van der Waals surface area (Å²) >= 11 is 5.94. The van der Waals surface area contributed by atoms with Crippen LogP contribution in [-0.2, 0) is 4.74 Å². The Balaban J connectivity index is 2.44. The lowest BCUT2D eigenvalue weighted by Crippen LogP contribution is -2.12. The monoisotopic (exact) mass is 269 g/mol. The standard InChI is InChI=1S/C13H20ClN3O/c1-9(2)8-18-6-5-15-12-7-11(14)16-13(17-12)10(3)4/h7,10H,1,5-6,8H2,2-4H3,(H,15,16,17). The molecule has 0 saturated carbocycles. The second-order valence-corrected chi connectivity index (χ2v) is 4.91. The number of nitrogens with one attached hydrogen (secondary N) is 1. The van der Waals surface area contributed by atoms with E-state index in [9.17, 15) is 0 Å². The molecule has 1 rings (SSSR count). The van der Waals surface area contributed by atoms with Gasteiger partial charge in [0.1, 0.15) is 16.8 Å². The smallest absolute Gasteiger partial charge is 0.135 e. The average Bonchev–Trinajstić information content (AvgIpc) is 2.27. The molecule has 0 aliphatic carbocycles. The topological polar surface area (TPSA) is 47.0 Å². The van der Waals surface area contributed by atoms with E-state index in [1.165, 1.54) is 0 Å². The van der Waals surface area contributed by atoms with Crippen molar-refractivity contribution in [3.05, 3.63) is 29.2 Å². The van der Waals surface area contributed by atoms with E-state index in [0.717, 1.165) is 17.2 Å². The molecule has 0 bridgehead atoms. The summed E-state index contributed by atoms with van der Waals surface area (Å²) in [5, 5.41) is 3.62. The van der Waals surface area contributed by atoms with E-state index >= 15 is 0 Å². The van der Waals surface area contributed by atoms with Gasteiger partial charge in [-0.05, 0) is 6.92 Å². The van der Waals surface area contributed by atoms with Crippen LogP contribution in [0.1, 0.15) is 32.5 Å². The Morgan fingerprint density at radius 3 is 2.83 bits per heavy atom. The zero-order valence-corrected chi connectivity index (χ0v) is 11.9. The number of nitrogens with zero attached hydrogens (tertiary/aromatic N) is 2. The molecule has 0 aliphatic heterocycles. The van der Waals surface area contributed by atoms with Gasteiger partial charge in [-0.1, -0.05) is 37.6 Å². The SMILES string of the molecule is C=C(C)COCCNc1cc(Cl)nc(C(C)C)n1. The van der Waals surface area contributed by atoms with Crippen LogP contribution >= 0.6 is 11.6 Å². The summed E-state index contributed by atoms with van der Waals surface area (Å²) in [7, 11) is 0. The van der Waals surface area contributed by atoms with Crippen molar-refractivity contribution in [3.8, 4) is 0 Å². The number of halogens is 1. The highest BCUT2D eigenvalue weighted by molar-refractivity contribution is 6.29. The summed E-state index contributed by atoms with van der Waals surface area (Å²) in [6, 6.07) is 1.71. The Bertz CT molecular complexity index is 407. The molecule has 0 aromatic carbocycles. The molecule has 1 heterocycles. The van der Waals surface area contributed by atoms with Crippen molar-refractivity contribution in [3.63, 3.8) is 0 Å². The highest BCUT2D eigenvalue weighted by Crippen LogP contribution is 2.16. The molecule has 0 atom stereocenters. The fourth-order valence-corrected chi connectivity index (χ4v) is 1.47. The summed E-state index contributed by atoms with van der Waals surface area (Å²) in [6.07, 6.45) is 0. The molecule has 0 spiro atoms. The van der Waals surface area contributed by atoms with E-state index in [-0.39, 0.29) is 5.92 Å². The van der Waals surface area contributed by atoms with Gasteiger partial charge >= 0.3 is 0 Å². The van der Waals surface area contributed by atoms with Gasteiger partial charge in [0.2, 0.25) is 0 Å². The van der Waals surface area contributed by atoms with Crippen LogP contribution in [0.15, 0.2) is 18.2 Å². The van der Waals surface area contributed by atoms with Gasteiger partial charge in [-0.25, -0.2) is 9.97 Å². The van der Waals surface area contributed by atoms with Crippen molar-refractivity contribution in [1.82, 2.24) is 9.97 Å². The molecule has 0 aliphatic rings. The molecule has 0 radical (unpaired) electrons. The van der Waals surface area contributed by atoms with Gasteiger partial charge < -0.3 is 10.1 Å². The van der Waals surface area contributed by atoms with Crippen LogP contribution in [0.2, 0.25) is 5.15 Å². The predicted octanol–water partition coefficient (Wildman–Crippen LogP) is 3.26. The first-order chi connectivity index (χ1) is 8.49. The summed E-state index contributed by atoms with van der Waals surface area (Å²) in [4.78, 5) is 8.56. The Morgan fingerprint density at radius 2 is 2.22 bits per heavy atom. The average molecular weight is 270 g/mol. The second-order valence-electron chi connectivity index (χ2n) is 4.53. The maximum atomic E-state index is 5.94. The fourth-order valence-electron chi connectivity index (χ4n) is 1.28. The van der Waals surface area contributed by atoms with Crippen molar-refractivity contribution >= 4 is 17.4 Å². The molecule has 0 saturated heterocycles. The molecule has 5 heteroatoms. The Kier molecular flexibility index (Phi) is 6.09. The third-order valence-electron chi connectivity index (χ3n) is 2.13. The molecular weight excluding hydrogens is 250 g/mol. The Morgan fingerprint density at radius 1 is 1.50 bits per heavy atom. The molecule has 1 aromatic heterocycles. The number of hydrogen-bond donors (Lipinski definition) is 1. The maximum absolute atomic E-state index is 5.94.